The number of rotatable bonds is 8. The van der Waals surface area contributed by atoms with Crippen molar-refractivity contribution in [3.63, 3.8) is 0 Å². The lowest BCUT2D eigenvalue weighted by Crippen LogP contribution is -2.19. The number of benzene rings is 2. The summed E-state index contributed by atoms with van der Waals surface area (Å²) in [5, 5.41) is 9.29. The molecule has 0 heterocycles. The van der Waals surface area contributed by atoms with Crippen LogP contribution in [0.25, 0.3) is 0 Å². The second-order valence-electron chi connectivity index (χ2n) is 7.80. The second kappa shape index (κ2) is 10.8. The number of carboxylic acid groups (broad SMARTS) is 1. The third-order valence-electron chi connectivity index (χ3n) is 5.29. The van der Waals surface area contributed by atoms with Crippen molar-refractivity contribution < 1.29 is 38.5 Å². The molecular weight excluding hydrogens is 428 g/mol. The predicted molar refractivity (Wildman–Crippen MR) is 120 cm³/mol. The van der Waals surface area contributed by atoms with Gasteiger partial charge < -0.3 is 19.3 Å². The zero-order valence-electron chi connectivity index (χ0n) is 19.6. The van der Waals surface area contributed by atoms with Gasteiger partial charge in [0.15, 0.2) is 0 Å². The summed E-state index contributed by atoms with van der Waals surface area (Å²) < 4.78 is 16.3. The van der Waals surface area contributed by atoms with Crippen LogP contribution in [0.3, 0.4) is 0 Å². The molecule has 0 aliphatic carbocycles. The lowest BCUT2D eigenvalue weighted by atomic mass is 9.93. The summed E-state index contributed by atoms with van der Waals surface area (Å²) in [6.07, 6.45) is 0.152. The van der Waals surface area contributed by atoms with E-state index in [1.54, 1.807) is 33.8 Å². The van der Waals surface area contributed by atoms with E-state index in [9.17, 15) is 24.3 Å². The largest absolute Gasteiger partial charge is 0.478 e. The first kappa shape index (κ1) is 25.6. The smallest absolute Gasteiger partial charge is 0.339 e. The zero-order valence-corrected chi connectivity index (χ0v) is 19.6. The van der Waals surface area contributed by atoms with Crippen molar-refractivity contribution in [3.8, 4) is 11.5 Å². The highest BCUT2D eigenvalue weighted by Gasteiger charge is 2.24. The Labute approximate surface area is 192 Å². The summed E-state index contributed by atoms with van der Waals surface area (Å²) in [6.45, 7) is 9.63. The monoisotopic (exact) mass is 456 g/mol. The topological polar surface area (TPSA) is 116 Å². The minimum atomic E-state index is -1.22. The number of hydrogen-bond acceptors (Lipinski definition) is 7. The Morgan fingerprint density at radius 3 is 1.91 bits per heavy atom. The van der Waals surface area contributed by atoms with Gasteiger partial charge in [-0.25, -0.2) is 9.59 Å². The molecule has 2 aromatic rings. The molecule has 0 bridgehead atoms. The number of carbonyl (C=O) groups excluding carboxylic acids is 3. The normalized spacial score (nSPS) is 11.5. The Kier molecular flexibility index (Phi) is 8.34. The molecule has 1 atom stereocenters. The van der Waals surface area contributed by atoms with Gasteiger partial charge in [-0.2, -0.15) is 0 Å². The van der Waals surface area contributed by atoms with E-state index in [-0.39, 0.29) is 11.1 Å². The van der Waals surface area contributed by atoms with Gasteiger partial charge in [0.2, 0.25) is 0 Å². The van der Waals surface area contributed by atoms with E-state index in [0.29, 0.717) is 46.6 Å². The zero-order chi connectivity index (χ0) is 24.9. The van der Waals surface area contributed by atoms with E-state index in [2.05, 4.69) is 0 Å². The van der Waals surface area contributed by atoms with Gasteiger partial charge in [-0.3, -0.25) is 9.59 Å². The van der Waals surface area contributed by atoms with E-state index < -0.39 is 30.0 Å². The fourth-order valence-corrected chi connectivity index (χ4v) is 3.54. The average Bonchev–Trinajstić information content (AvgIpc) is 2.74. The van der Waals surface area contributed by atoms with Gasteiger partial charge in [-0.1, -0.05) is 12.1 Å². The van der Waals surface area contributed by atoms with Crippen LogP contribution in [0.15, 0.2) is 24.3 Å². The highest BCUT2D eigenvalue weighted by molar-refractivity contribution is 6.02. The van der Waals surface area contributed by atoms with Crippen molar-refractivity contribution in [3.05, 3.63) is 57.6 Å². The Balaban J connectivity index is 2.30. The molecule has 0 amide bonds. The summed E-state index contributed by atoms with van der Waals surface area (Å²) in [4.78, 5) is 47.2. The third kappa shape index (κ3) is 6.19. The maximum absolute atomic E-state index is 12.5. The van der Waals surface area contributed by atoms with Gasteiger partial charge in [0.25, 0.3) is 0 Å². The lowest BCUT2D eigenvalue weighted by molar-refractivity contribution is -0.133. The maximum Gasteiger partial charge on any atom is 0.339 e. The summed E-state index contributed by atoms with van der Waals surface area (Å²) in [7, 11) is 0. The van der Waals surface area contributed by atoms with E-state index >= 15 is 0 Å². The third-order valence-corrected chi connectivity index (χ3v) is 5.29. The number of esters is 3. The van der Waals surface area contributed by atoms with Gasteiger partial charge in [-0.05, 0) is 69.4 Å². The van der Waals surface area contributed by atoms with Crippen molar-refractivity contribution in [1.82, 2.24) is 0 Å². The van der Waals surface area contributed by atoms with Crippen LogP contribution in [0.1, 0.15) is 70.2 Å². The van der Waals surface area contributed by atoms with Crippen molar-refractivity contribution in [2.45, 2.75) is 60.5 Å². The predicted octanol–water partition coefficient (Wildman–Crippen LogP) is 4.34. The summed E-state index contributed by atoms with van der Waals surface area (Å²) in [6, 6.07) is 5.83. The van der Waals surface area contributed by atoms with Gasteiger partial charge >= 0.3 is 23.9 Å². The first-order valence-corrected chi connectivity index (χ1v) is 10.5. The molecule has 176 valence electrons. The summed E-state index contributed by atoms with van der Waals surface area (Å²) in [5.41, 5.74) is 2.51. The quantitative estimate of drug-likeness (QED) is 0.461. The van der Waals surface area contributed by atoms with Crippen molar-refractivity contribution >= 4 is 23.9 Å². The molecule has 0 aliphatic rings. The Morgan fingerprint density at radius 1 is 0.848 bits per heavy atom. The molecular formula is C25H28O8. The molecule has 0 aromatic heterocycles. The number of hydrogen-bond donors (Lipinski definition) is 1. The molecule has 8 nitrogen and oxygen atoms in total. The van der Waals surface area contributed by atoms with Gasteiger partial charge in [0.05, 0.1) is 17.2 Å². The highest BCUT2D eigenvalue weighted by atomic mass is 16.5. The van der Waals surface area contributed by atoms with Gasteiger partial charge in [-0.15, -0.1) is 0 Å². The highest BCUT2D eigenvalue weighted by Crippen LogP contribution is 2.39. The Morgan fingerprint density at radius 2 is 1.36 bits per heavy atom. The molecule has 0 radical (unpaired) electrons. The number of aromatic carboxylic acids is 1. The molecule has 1 N–H and O–H groups in total. The second-order valence-corrected chi connectivity index (χ2v) is 7.80. The van der Waals surface area contributed by atoms with E-state index in [4.69, 9.17) is 14.2 Å². The van der Waals surface area contributed by atoms with E-state index in [1.165, 1.54) is 32.0 Å². The molecule has 2 aromatic carbocycles. The first-order valence-electron chi connectivity index (χ1n) is 10.5. The fraction of sp³-hybridized carbons (Fsp3) is 0.360. The minimum absolute atomic E-state index is 0.0306. The van der Waals surface area contributed by atoms with E-state index in [0.717, 1.165) is 0 Å². The van der Waals surface area contributed by atoms with E-state index in [1.807, 2.05) is 0 Å². The maximum atomic E-state index is 12.5. The SMILES string of the molecule is CC(=O)Oc1c(C)c(C)c(OC(C)=O)c(CC[C@H](C)OC(=O)c2ccccc2C(=O)O)c1C. The van der Waals surface area contributed by atoms with Crippen LogP contribution >= 0.6 is 0 Å². The van der Waals surface area contributed by atoms with Gasteiger partial charge in [0.1, 0.15) is 11.5 Å². The molecule has 8 heteroatoms. The molecule has 0 saturated heterocycles. The van der Waals surface area contributed by atoms with Crippen LogP contribution in [-0.2, 0) is 20.7 Å². The number of carboxylic acids is 1. The van der Waals surface area contributed by atoms with Crippen LogP contribution in [0.4, 0.5) is 0 Å². The molecule has 0 unspecified atom stereocenters. The molecule has 33 heavy (non-hydrogen) atoms. The molecule has 0 aliphatic heterocycles. The van der Waals surface area contributed by atoms with Gasteiger partial charge in [0, 0.05) is 19.4 Å². The molecule has 2 rings (SSSR count). The van der Waals surface area contributed by atoms with Crippen LogP contribution in [-0.4, -0.2) is 35.1 Å². The minimum Gasteiger partial charge on any atom is -0.478 e. The van der Waals surface area contributed by atoms with Crippen molar-refractivity contribution in [2.75, 3.05) is 0 Å². The standard InChI is InChI=1S/C25H28O8/c1-13(31-25(30)21-10-8-7-9-20(21)24(28)29)11-12-19-16(4)22(32-17(5)26)14(2)15(3)23(19)33-18(6)27/h7-10,13H,11-12H2,1-6H3,(H,28,29)/t13-/m0/s1. The summed E-state index contributed by atoms with van der Waals surface area (Å²) in [5.74, 6) is -2.11. The van der Waals surface area contributed by atoms with Crippen LogP contribution in [0.2, 0.25) is 0 Å². The first-order chi connectivity index (χ1) is 15.4. The molecule has 0 spiro atoms. The number of carbonyl (C=O) groups is 4. The van der Waals surface area contributed by atoms with Crippen LogP contribution in [0, 0.1) is 20.8 Å². The molecule has 0 fully saturated rings. The van der Waals surface area contributed by atoms with Crippen LogP contribution in [0.5, 0.6) is 11.5 Å². The van der Waals surface area contributed by atoms with Crippen molar-refractivity contribution in [1.29, 1.82) is 0 Å². The molecule has 0 saturated carbocycles. The van der Waals surface area contributed by atoms with Crippen molar-refractivity contribution in [2.24, 2.45) is 0 Å². The van der Waals surface area contributed by atoms with Crippen LogP contribution < -0.4 is 9.47 Å². The number of ether oxygens (including phenoxy) is 3. The summed E-state index contributed by atoms with van der Waals surface area (Å²) >= 11 is 0. The fourth-order valence-electron chi connectivity index (χ4n) is 3.54. The Hall–Kier alpha value is -3.68. The lowest BCUT2D eigenvalue weighted by Gasteiger charge is -2.22. The Bertz CT molecular complexity index is 1100. The average molecular weight is 456 g/mol.